The Hall–Kier alpha value is -2.89. The summed E-state index contributed by atoms with van der Waals surface area (Å²) in [6.07, 6.45) is 3.39. The summed E-state index contributed by atoms with van der Waals surface area (Å²) in [5, 5.41) is 24.4. The summed E-state index contributed by atoms with van der Waals surface area (Å²) in [4.78, 5) is 14.9. The fourth-order valence-corrected chi connectivity index (χ4v) is 5.31. The van der Waals surface area contributed by atoms with Crippen LogP contribution >= 0.6 is 11.6 Å². The minimum absolute atomic E-state index is 0.0661. The SMILES string of the molecule is N#Cc1ccc(OC2CCC(NC(=O)c3ccc(N4CC5CNCC5C4)nn3)CC2)cc1Cl. The highest BCUT2D eigenvalue weighted by Crippen LogP contribution is 2.30. The number of fused-ring (bicyclic) bond motifs is 1. The van der Waals surface area contributed by atoms with Crippen molar-refractivity contribution in [1.29, 1.82) is 5.26 Å². The predicted octanol–water partition coefficient (Wildman–Crippen LogP) is 2.78. The molecule has 0 radical (unpaired) electrons. The molecule has 0 bridgehead atoms. The fourth-order valence-electron chi connectivity index (χ4n) is 5.09. The van der Waals surface area contributed by atoms with Gasteiger partial charge in [-0.1, -0.05) is 11.6 Å². The number of nitrogens with zero attached hydrogens (tertiary/aromatic N) is 4. The number of amides is 1. The second kappa shape index (κ2) is 9.54. The Morgan fingerprint density at radius 1 is 1.12 bits per heavy atom. The van der Waals surface area contributed by atoms with Crippen molar-refractivity contribution in [2.45, 2.75) is 37.8 Å². The number of aromatic nitrogens is 2. The molecule has 2 saturated heterocycles. The van der Waals surface area contributed by atoms with Gasteiger partial charge in [0.2, 0.25) is 0 Å². The number of anilines is 1. The summed E-state index contributed by atoms with van der Waals surface area (Å²) in [7, 11) is 0. The smallest absolute Gasteiger partial charge is 0.272 e. The molecule has 3 heterocycles. The monoisotopic (exact) mass is 466 g/mol. The van der Waals surface area contributed by atoms with E-state index in [0.29, 0.717) is 33.9 Å². The lowest BCUT2D eigenvalue weighted by atomic mass is 9.93. The molecule has 33 heavy (non-hydrogen) atoms. The number of rotatable bonds is 5. The van der Waals surface area contributed by atoms with Crippen molar-refractivity contribution in [2.24, 2.45) is 11.8 Å². The number of hydrogen-bond acceptors (Lipinski definition) is 7. The van der Waals surface area contributed by atoms with Crippen molar-refractivity contribution < 1.29 is 9.53 Å². The Labute approximate surface area is 198 Å². The number of hydrogen-bond donors (Lipinski definition) is 2. The normalized spacial score (nSPS) is 26.5. The first-order chi connectivity index (χ1) is 16.1. The van der Waals surface area contributed by atoms with Crippen LogP contribution in [0.4, 0.5) is 5.82 Å². The standard InChI is InChI=1S/C24H27ClN6O2/c25-21-9-20(4-1-15(21)10-26)33-19-5-2-18(3-6-19)28-24(32)22-7-8-23(30-29-22)31-13-16-11-27-12-17(16)14-31/h1,4,7-9,16-19,27H,2-3,5-6,11-14H2,(H,28,32). The summed E-state index contributed by atoms with van der Waals surface area (Å²) in [6.45, 7) is 4.14. The van der Waals surface area contributed by atoms with Gasteiger partial charge in [0.05, 0.1) is 16.7 Å². The van der Waals surface area contributed by atoms with Crippen molar-refractivity contribution in [3.63, 3.8) is 0 Å². The Balaban J connectivity index is 1.09. The van der Waals surface area contributed by atoms with E-state index in [0.717, 1.165) is 57.7 Å². The van der Waals surface area contributed by atoms with Crippen LogP contribution in [-0.4, -0.2) is 54.4 Å². The molecule has 2 aliphatic heterocycles. The molecule has 2 aromatic rings. The van der Waals surface area contributed by atoms with Crippen LogP contribution in [0.1, 0.15) is 41.7 Å². The minimum Gasteiger partial charge on any atom is -0.490 e. The second-order valence-electron chi connectivity index (χ2n) is 9.18. The number of ether oxygens (including phenoxy) is 1. The Kier molecular flexibility index (Phi) is 6.34. The quantitative estimate of drug-likeness (QED) is 0.698. The van der Waals surface area contributed by atoms with Crippen LogP contribution in [0.15, 0.2) is 30.3 Å². The van der Waals surface area contributed by atoms with E-state index in [4.69, 9.17) is 21.6 Å². The molecule has 1 aliphatic carbocycles. The zero-order valence-electron chi connectivity index (χ0n) is 18.3. The van der Waals surface area contributed by atoms with Crippen LogP contribution in [0.5, 0.6) is 5.75 Å². The molecule has 1 aromatic heterocycles. The maximum absolute atomic E-state index is 12.7. The van der Waals surface area contributed by atoms with Crippen LogP contribution in [0.2, 0.25) is 5.02 Å². The third kappa shape index (κ3) is 4.90. The van der Waals surface area contributed by atoms with Gasteiger partial charge < -0.3 is 20.3 Å². The Morgan fingerprint density at radius 3 is 2.52 bits per heavy atom. The van der Waals surface area contributed by atoms with E-state index in [1.807, 2.05) is 12.1 Å². The van der Waals surface area contributed by atoms with Crippen LogP contribution in [-0.2, 0) is 0 Å². The molecular formula is C24H27ClN6O2. The Morgan fingerprint density at radius 2 is 1.88 bits per heavy atom. The van der Waals surface area contributed by atoms with E-state index in [9.17, 15) is 4.79 Å². The molecule has 0 spiro atoms. The molecule has 8 nitrogen and oxygen atoms in total. The van der Waals surface area contributed by atoms with Crippen molar-refractivity contribution >= 4 is 23.3 Å². The first kappa shape index (κ1) is 21.9. The summed E-state index contributed by atoms with van der Waals surface area (Å²) < 4.78 is 6.03. The average molecular weight is 467 g/mol. The average Bonchev–Trinajstić information content (AvgIpc) is 3.43. The lowest BCUT2D eigenvalue weighted by Crippen LogP contribution is -2.40. The highest BCUT2D eigenvalue weighted by atomic mass is 35.5. The summed E-state index contributed by atoms with van der Waals surface area (Å²) in [5.41, 5.74) is 0.789. The summed E-state index contributed by atoms with van der Waals surface area (Å²) >= 11 is 6.09. The van der Waals surface area contributed by atoms with E-state index in [-0.39, 0.29) is 18.1 Å². The van der Waals surface area contributed by atoms with E-state index in [2.05, 4.69) is 25.7 Å². The summed E-state index contributed by atoms with van der Waals surface area (Å²) in [6, 6.07) is 10.9. The number of carbonyl (C=O) groups excluding carboxylic acids is 1. The zero-order chi connectivity index (χ0) is 22.8. The molecule has 2 unspecified atom stereocenters. The van der Waals surface area contributed by atoms with Gasteiger partial charge in [-0.2, -0.15) is 5.26 Å². The van der Waals surface area contributed by atoms with Crippen molar-refractivity contribution in [2.75, 3.05) is 31.1 Å². The van der Waals surface area contributed by atoms with Gasteiger partial charge in [0.25, 0.3) is 5.91 Å². The van der Waals surface area contributed by atoms with Gasteiger partial charge in [0.15, 0.2) is 11.5 Å². The number of benzene rings is 1. The molecule has 9 heteroatoms. The zero-order valence-corrected chi connectivity index (χ0v) is 19.1. The number of halogens is 1. The first-order valence-electron chi connectivity index (χ1n) is 11.6. The topological polar surface area (TPSA) is 103 Å². The lowest BCUT2D eigenvalue weighted by molar-refractivity contribution is 0.0888. The Bertz CT molecular complexity index is 1040. The maximum atomic E-state index is 12.7. The minimum atomic E-state index is -0.181. The molecule has 3 fully saturated rings. The van der Waals surface area contributed by atoms with Crippen molar-refractivity contribution in [1.82, 2.24) is 20.8 Å². The third-order valence-electron chi connectivity index (χ3n) is 6.97. The second-order valence-corrected chi connectivity index (χ2v) is 9.59. The molecule has 1 saturated carbocycles. The number of carbonyl (C=O) groups is 1. The lowest BCUT2D eigenvalue weighted by Gasteiger charge is -2.29. The molecule has 2 N–H and O–H groups in total. The van der Waals surface area contributed by atoms with E-state index in [1.54, 1.807) is 24.3 Å². The number of nitriles is 1. The number of nitrogens with one attached hydrogen (secondary N) is 2. The molecule has 172 valence electrons. The third-order valence-corrected chi connectivity index (χ3v) is 7.28. The van der Waals surface area contributed by atoms with Gasteiger partial charge in [-0.05, 0) is 61.8 Å². The molecule has 1 amide bonds. The van der Waals surface area contributed by atoms with E-state index in [1.165, 1.54) is 0 Å². The molecule has 1 aromatic carbocycles. The van der Waals surface area contributed by atoms with Crippen LogP contribution < -0.4 is 20.3 Å². The first-order valence-corrected chi connectivity index (χ1v) is 11.9. The molecular weight excluding hydrogens is 440 g/mol. The van der Waals surface area contributed by atoms with Crippen molar-refractivity contribution in [3.8, 4) is 11.8 Å². The fraction of sp³-hybridized carbons (Fsp3) is 0.500. The maximum Gasteiger partial charge on any atom is 0.272 e. The van der Waals surface area contributed by atoms with Crippen LogP contribution in [0.25, 0.3) is 0 Å². The highest BCUT2D eigenvalue weighted by Gasteiger charge is 2.36. The highest BCUT2D eigenvalue weighted by molar-refractivity contribution is 6.31. The van der Waals surface area contributed by atoms with Crippen LogP contribution in [0.3, 0.4) is 0 Å². The van der Waals surface area contributed by atoms with E-state index >= 15 is 0 Å². The summed E-state index contributed by atoms with van der Waals surface area (Å²) in [5.74, 6) is 2.70. The molecule has 2 atom stereocenters. The van der Waals surface area contributed by atoms with Gasteiger partial charge in [-0.15, -0.1) is 10.2 Å². The van der Waals surface area contributed by atoms with Crippen LogP contribution in [0, 0.1) is 23.2 Å². The largest absolute Gasteiger partial charge is 0.490 e. The van der Waals surface area contributed by atoms with Gasteiger partial charge in [0, 0.05) is 38.3 Å². The van der Waals surface area contributed by atoms with Gasteiger partial charge in [0.1, 0.15) is 11.8 Å². The van der Waals surface area contributed by atoms with E-state index < -0.39 is 0 Å². The molecule has 3 aliphatic rings. The van der Waals surface area contributed by atoms with Gasteiger partial charge in [-0.25, -0.2) is 0 Å². The molecule has 5 rings (SSSR count). The van der Waals surface area contributed by atoms with Crippen molar-refractivity contribution in [3.05, 3.63) is 46.6 Å². The van der Waals surface area contributed by atoms with Gasteiger partial charge in [-0.3, -0.25) is 4.79 Å². The predicted molar refractivity (Wildman–Crippen MR) is 124 cm³/mol. The van der Waals surface area contributed by atoms with Gasteiger partial charge >= 0.3 is 0 Å².